The average molecular weight is 142 g/mol. The Morgan fingerprint density at radius 1 is 1.18 bits per heavy atom. The number of rotatable bonds is 0. The van der Waals surface area contributed by atoms with Gasteiger partial charge in [-0.2, -0.15) is 10.5 Å². The van der Waals surface area contributed by atoms with Crippen molar-refractivity contribution in [2.45, 2.75) is 0 Å². The highest BCUT2D eigenvalue weighted by Crippen LogP contribution is 2.48. The van der Waals surface area contributed by atoms with Gasteiger partial charge < -0.3 is 4.74 Å². The molecule has 1 heterocycles. The lowest BCUT2D eigenvalue weighted by molar-refractivity contribution is 0.648. The Kier molecular flexibility index (Phi) is 0.912. The van der Waals surface area contributed by atoms with Crippen LogP contribution in [0, 0.1) is 22.7 Å². The van der Waals surface area contributed by atoms with E-state index in [2.05, 4.69) is 0 Å². The summed E-state index contributed by atoms with van der Waals surface area (Å²) in [7, 11) is 0. The van der Waals surface area contributed by atoms with Gasteiger partial charge in [0.25, 0.3) is 0 Å². The Hall–Kier alpha value is -2.00. The van der Waals surface area contributed by atoms with Crippen molar-refractivity contribution in [2.24, 2.45) is 0 Å². The first-order valence-electron chi connectivity index (χ1n) is 3.02. The zero-order valence-electron chi connectivity index (χ0n) is 5.46. The van der Waals surface area contributed by atoms with E-state index in [0.29, 0.717) is 22.6 Å². The maximum absolute atomic E-state index is 8.58. The van der Waals surface area contributed by atoms with Crippen LogP contribution in [-0.4, -0.2) is 0 Å². The number of hydrogen-bond acceptors (Lipinski definition) is 3. The van der Waals surface area contributed by atoms with Gasteiger partial charge in [-0.1, -0.05) is 0 Å². The van der Waals surface area contributed by atoms with Gasteiger partial charge in [0.15, 0.2) is 11.5 Å². The highest BCUT2D eigenvalue weighted by Gasteiger charge is 2.26. The first kappa shape index (κ1) is 5.76. The molecular weight excluding hydrogens is 140 g/mol. The van der Waals surface area contributed by atoms with Gasteiger partial charge in [0.05, 0.1) is 5.56 Å². The summed E-state index contributed by atoms with van der Waals surface area (Å²) < 4.78 is 4.93. The second kappa shape index (κ2) is 1.74. The van der Waals surface area contributed by atoms with E-state index >= 15 is 0 Å². The third-order valence-electron chi connectivity index (χ3n) is 1.52. The summed E-state index contributed by atoms with van der Waals surface area (Å²) in [6.45, 7) is 0. The predicted molar refractivity (Wildman–Crippen MR) is 35.9 cm³/mol. The standard InChI is InChI=1S/C8H2N2O/c9-3-5-1-2-7-8(11-7)6(5)4-10/h1-2H. The summed E-state index contributed by atoms with van der Waals surface area (Å²) in [5.74, 6) is 1.27. The maximum atomic E-state index is 8.58. The van der Waals surface area contributed by atoms with Crippen molar-refractivity contribution in [1.82, 2.24) is 0 Å². The van der Waals surface area contributed by atoms with Crippen molar-refractivity contribution < 1.29 is 4.74 Å². The fourth-order valence-electron chi connectivity index (χ4n) is 0.937. The molecule has 0 unspecified atom stereocenters. The molecule has 1 aliphatic rings. The second-order valence-electron chi connectivity index (χ2n) is 2.14. The molecule has 11 heavy (non-hydrogen) atoms. The zero-order valence-corrected chi connectivity index (χ0v) is 5.46. The SMILES string of the molecule is N#Cc1ccc2c(c1C#N)O2. The Labute approximate surface area is 63.1 Å². The third-order valence-corrected chi connectivity index (χ3v) is 1.52. The van der Waals surface area contributed by atoms with E-state index < -0.39 is 0 Å². The van der Waals surface area contributed by atoms with Crippen molar-refractivity contribution >= 4 is 0 Å². The Bertz CT molecular complexity index is 409. The smallest absolute Gasteiger partial charge is 0.189 e. The number of nitrogens with zero attached hydrogens (tertiary/aromatic N) is 2. The predicted octanol–water partition coefficient (Wildman–Crippen LogP) is 1.54. The van der Waals surface area contributed by atoms with Gasteiger partial charge in [0, 0.05) is 0 Å². The highest BCUT2D eigenvalue weighted by molar-refractivity contribution is 5.68. The summed E-state index contributed by atoms with van der Waals surface area (Å²) in [6.07, 6.45) is 0. The summed E-state index contributed by atoms with van der Waals surface area (Å²) >= 11 is 0. The third kappa shape index (κ3) is 0.653. The van der Waals surface area contributed by atoms with Gasteiger partial charge in [-0.25, -0.2) is 0 Å². The van der Waals surface area contributed by atoms with Crippen molar-refractivity contribution in [1.29, 1.82) is 10.5 Å². The van der Waals surface area contributed by atoms with Crippen molar-refractivity contribution in [3.63, 3.8) is 0 Å². The molecule has 0 amide bonds. The van der Waals surface area contributed by atoms with Crippen LogP contribution in [0.1, 0.15) is 11.1 Å². The fourth-order valence-corrected chi connectivity index (χ4v) is 0.937. The Morgan fingerprint density at radius 2 is 2.00 bits per heavy atom. The molecule has 0 aromatic heterocycles. The van der Waals surface area contributed by atoms with E-state index in [0.717, 1.165) is 0 Å². The van der Waals surface area contributed by atoms with Crippen LogP contribution in [0.2, 0.25) is 0 Å². The molecule has 0 saturated carbocycles. The van der Waals surface area contributed by atoms with Crippen molar-refractivity contribution in [3.8, 4) is 23.6 Å². The topological polar surface area (TPSA) is 60.1 Å². The molecule has 3 nitrogen and oxygen atoms in total. The fraction of sp³-hybridized carbons (Fsp3) is 0. The molecule has 0 fully saturated rings. The van der Waals surface area contributed by atoms with E-state index in [4.69, 9.17) is 15.3 Å². The van der Waals surface area contributed by atoms with Gasteiger partial charge >= 0.3 is 0 Å². The van der Waals surface area contributed by atoms with Gasteiger partial charge in [-0.15, -0.1) is 0 Å². The minimum absolute atomic E-state index is 0.352. The minimum Gasteiger partial charge on any atom is -0.448 e. The molecule has 50 valence electrons. The molecule has 0 saturated heterocycles. The highest BCUT2D eigenvalue weighted by atomic mass is 16.6. The quantitative estimate of drug-likeness (QED) is 0.524. The molecule has 0 aliphatic carbocycles. The molecule has 0 radical (unpaired) electrons. The average Bonchev–Trinajstić information content (AvgIpc) is 2.80. The van der Waals surface area contributed by atoms with Crippen LogP contribution in [-0.2, 0) is 0 Å². The van der Waals surface area contributed by atoms with E-state index in [1.165, 1.54) is 0 Å². The van der Waals surface area contributed by atoms with Crippen LogP contribution in [0.5, 0.6) is 11.5 Å². The van der Waals surface area contributed by atoms with Gasteiger partial charge in [0.2, 0.25) is 0 Å². The number of benzene rings is 1. The number of nitriles is 2. The molecule has 2 rings (SSSR count). The van der Waals surface area contributed by atoms with E-state index in [9.17, 15) is 0 Å². The van der Waals surface area contributed by atoms with Crippen LogP contribution in [0.4, 0.5) is 0 Å². The number of fused-ring (bicyclic) bond motifs is 1. The second-order valence-corrected chi connectivity index (χ2v) is 2.14. The van der Waals surface area contributed by atoms with Gasteiger partial charge in [-0.05, 0) is 12.1 Å². The number of ether oxygens (including phenoxy) is 1. The molecule has 0 atom stereocenters. The molecular formula is C8H2N2O. The number of hydrogen-bond donors (Lipinski definition) is 0. The molecule has 0 bridgehead atoms. The van der Waals surface area contributed by atoms with E-state index in [1.807, 2.05) is 12.1 Å². The Balaban J connectivity index is 2.72. The molecule has 0 spiro atoms. The monoisotopic (exact) mass is 142 g/mol. The lowest BCUT2D eigenvalue weighted by Gasteiger charge is -1.83. The first-order chi connectivity index (χ1) is 5.36. The van der Waals surface area contributed by atoms with Crippen molar-refractivity contribution in [3.05, 3.63) is 23.3 Å². The van der Waals surface area contributed by atoms with Gasteiger partial charge in [0.1, 0.15) is 17.7 Å². The lowest BCUT2D eigenvalue weighted by Crippen LogP contribution is -1.76. The summed E-state index contributed by atoms with van der Waals surface area (Å²) in [5.41, 5.74) is 0.730. The minimum atomic E-state index is 0.352. The van der Waals surface area contributed by atoms with Crippen LogP contribution in [0.3, 0.4) is 0 Å². The molecule has 0 N–H and O–H groups in total. The summed E-state index contributed by atoms with van der Waals surface area (Å²) in [5, 5.41) is 17.1. The largest absolute Gasteiger partial charge is 0.448 e. The van der Waals surface area contributed by atoms with Crippen LogP contribution in [0.15, 0.2) is 12.1 Å². The molecule has 1 aromatic carbocycles. The van der Waals surface area contributed by atoms with Gasteiger partial charge in [-0.3, -0.25) is 0 Å². The molecule has 3 heteroatoms. The van der Waals surface area contributed by atoms with Crippen LogP contribution in [0.25, 0.3) is 0 Å². The van der Waals surface area contributed by atoms with E-state index in [1.54, 1.807) is 12.1 Å². The lowest BCUT2D eigenvalue weighted by atomic mass is 10.1. The Morgan fingerprint density at radius 3 is 2.64 bits per heavy atom. The zero-order chi connectivity index (χ0) is 7.84. The van der Waals surface area contributed by atoms with Crippen LogP contribution >= 0.6 is 0 Å². The summed E-state index contributed by atoms with van der Waals surface area (Å²) in [4.78, 5) is 0. The molecule has 1 aromatic rings. The summed E-state index contributed by atoms with van der Waals surface area (Å²) in [6, 6.07) is 7.11. The maximum Gasteiger partial charge on any atom is 0.189 e. The first-order valence-corrected chi connectivity index (χ1v) is 3.02. The van der Waals surface area contributed by atoms with Crippen LogP contribution < -0.4 is 4.74 Å². The van der Waals surface area contributed by atoms with Crippen molar-refractivity contribution in [2.75, 3.05) is 0 Å². The molecule has 1 aliphatic heterocycles. The normalized spacial score (nSPS) is 10.4. The van der Waals surface area contributed by atoms with E-state index in [-0.39, 0.29) is 0 Å².